The minimum Gasteiger partial charge on any atom is -0.462 e. The zero-order valence-electron chi connectivity index (χ0n) is 39.5. The van der Waals surface area contributed by atoms with Crippen molar-refractivity contribution in [3.63, 3.8) is 0 Å². The second kappa shape index (κ2) is 48.6. The van der Waals surface area contributed by atoms with Crippen LogP contribution in [0.15, 0.2) is 24.3 Å². The molecule has 0 radical (unpaired) electrons. The van der Waals surface area contributed by atoms with Crippen LogP contribution in [0.2, 0.25) is 0 Å². The van der Waals surface area contributed by atoms with Gasteiger partial charge in [0.05, 0.1) is 0 Å². The van der Waals surface area contributed by atoms with Gasteiger partial charge in [-0.1, -0.05) is 231 Å². The lowest BCUT2D eigenvalue weighted by Crippen LogP contribution is -2.30. The first kappa shape index (κ1) is 56.9. The molecule has 0 saturated heterocycles. The normalized spacial score (nSPS) is 12.1. The van der Waals surface area contributed by atoms with Crippen molar-refractivity contribution < 1.29 is 28.6 Å². The molecule has 0 heterocycles. The van der Waals surface area contributed by atoms with Crippen LogP contribution < -0.4 is 0 Å². The number of unbranched alkanes of at least 4 members (excludes halogenated alkanes) is 32. The number of carbonyl (C=O) groups is 3. The first-order valence-electron chi connectivity index (χ1n) is 25.8. The SMILES string of the molecule is CCCCC/C=C\C/C=C\CCCCCCCCCC(=O)OCC(COC(=O)CCCCCCCCCCCCC)OC(=O)CCCCCCCCCCCCCCC. The molecule has 0 amide bonds. The molecule has 1 unspecified atom stereocenters. The highest BCUT2D eigenvalue weighted by Gasteiger charge is 2.19. The fraction of sp³-hybridized carbons (Fsp3) is 0.868. The van der Waals surface area contributed by atoms with E-state index >= 15 is 0 Å². The van der Waals surface area contributed by atoms with Crippen LogP contribution in [-0.2, 0) is 28.6 Å². The predicted octanol–water partition coefficient (Wildman–Crippen LogP) is 16.8. The lowest BCUT2D eigenvalue weighted by atomic mass is 10.0. The lowest BCUT2D eigenvalue weighted by Gasteiger charge is -2.18. The molecule has 1 atom stereocenters. The van der Waals surface area contributed by atoms with Crippen LogP contribution in [0, 0.1) is 0 Å². The van der Waals surface area contributed by atoms with Gasteiger partial charge in [-0.25, -0.2) is 0 Å². The highest BCUT2D eigenvalue weighted by Crippen LogP contribution is 2.16. The van der Waals surface area contributed by atoms with E-state index in [1.165, 1.54) is 167 Å². The molecule has 0 aliphatic heterocycles. The fourth-order valence-electron chi connectivity index (χ4n) is 7.53. The second-order valence-corrected chi connectivity index (χ2v) is 17.4. The van der Waals surface area contributed by atoms with Crippen molar-refractivity contribution in [3.05, 3.63) is 24.3 Å². The average Bonchev–Trinajstić information content (AvgIpc) is 3.23. The smallest absolute Gasteiger partial charge is 0.306 e. The maximum Gasteiger partial charge on any atom is 0.306 e. The van der Waals surface area contributed by atoms with E-state index in [4.69, 9.17) is 14.2 Å². The van der Waals surface area contributed by atoms with Crippen LogP contribution in [0.3, 0.4) is 0 Å². The molecule has 0 aliphatic carbocycles. The van der Waals surface area contributed by atoms with E-state index in [9.17, 15) is 14.4 Å². The molecule has 0 saturated carbocycles. The van der Waals surface area contributed by atoms with Gasteiger partial charge >= 0.3 is 17.9 Å². The Kier molecular flexibility index (Phi) is 46.8. The maximum absolute atomic E-state index is 12.8. The number of allylic oxidation sites excluding steroid dienone is 4. The quantitative estimate of drug-likeness (QED) is 0.0263. The first-order chi connectivity index (χ1) is 29.0. The van der Waals surface area contributed by atoms with Crippen molar-refractivity contribution in [1.29, 1.82) is 0 Å². The molecule has 6 nitrogen and oxygen atoms in total. The molecule has 0 rings (SSSR count). The van der Waals surface area contributed by atoms with Crippen LogP contribution in [0.1, 0.15) is 278 Å². The highest BCUT2D eigenvalue weighted by atomic mass is 16.6. The van der Waals surface area contributed by atoms with E-state index in [-0.39, 0.29) is 31.1 Å². The van der Waals surface area contributed by atoms with E-state index in [0.717, 1.165) is 70.6 Å². The molecule has 0 aliphatic rings. The maximum atomic E-state index is 12.8. The van der Waals surface area contributed by atoms with Crippen LogP contribution in [0.4, 0.5) is 0 Å². The number of hydrogen-bond acceptors (Lipinski definition) is 6. The van der Waals surface area contributed by atoms with E-state index in [2.05, 4.69) is 45.1 Å². The van der Waals surface area contributed by atoms with Crippen LogP contribution in [0.25, 0.3) is 0 Å². The molecule has 0 bridgehead atoms. The second-order valence-electron chi connectivity index (χ2n) is 17.4. The van der Waals surface area contributed by atoms with E-state index < -0.39 is 6.10 Å². The van der Waals surface area contributed by atoms with Gasteiger partial charge in [0.15, 0.2) is 6.10 Å². The van der Waals surface area contributed by atoms with Gasteiger partial charge in [-0.3, -0.25) is 14.4 Å². The Hall–Kier alpha value is -2.11. The Bertz CT molecular complexity index is 958. The summed E-state index contributed by atoms with van der Waals surface area (Å²) in [5, 5.41) is 0. The van der Waals surface area contributed by atoms with Gasteiger partial charge in [0.25, 0.3) is 0 Å². The summed E-state index contributed by atoms with van der Waals surface area (Å²) in [5.41, 5.74) is 0. The van der Waals surface area contributed by atoms with E-state index in [0.29, 0.717) is 19.3 Å². The number of ether oxygens (including phenoxy) is 3. The molecule has 0 spiro atoms. The third-order valence-corrected chi connectivity index (χ3v) is 11.5. The third-order valence-electron chi connectivity index (χ3n) is 11.5. The van der Waals surface area contributed by atoms with Crippen molar-refractivity contribution in [2.24, 2.45) is 0 Å². The molecule has 6 heteroatoms. The Labute approximate surface area is 366 Å². The molecule has 0 aromatic carbocycles. The largest absolute Gasteiger partial charge is 0.462 e. The average molecular weight is 831 g/mol. The van der Waals surface area contributed by atoms with Crippen LogP contribution >= 0.6 is 0 Å². The molecule has 346 valence electrons. The predicted molar refractivity (Wildman–Crippen MR) is 252 cm³/mol. The molecule has 0 aromatic rings. The Balaban J connectivity index is 4.32. The molecule has 59 heavy (non-hydrogen) atoms. The zero-order chi connectivity index (χ0) is 43.0. The summed E-state index contributed by atoms with van der Waals surface area (Å²) >= 11 is 0. The number of esters is 3. The van der Waals surface area contributed by atoms with Gasteiger partial charge in [-0.15, -0.1) is 0 Å². The molecule has 0 N–H and O–H groups in total. The Morgan fingerprint density at radius 3 is 0.966 bits per heavy atom. The van der Waals surface area contributed by atoms with Crippen molar-refractivity contribution in [2.75, 3.05) is 13.2 Å². The Morgan fingerprint density at radius 1 is 0.339 bits per heavy atom. The van der Waals surface area contributed by atoms with Crippen LogP contribution in [0.5, 0.6) is 0 Å². The lowest BCUT2D eigenvalue weighted by molar-refractivity contribution is -0.167. The van der Waals surface area contributed by atoms with Crippen molar-refractivity contribution in [2.45, 2.75) is 284 Å². The van der Waals surface area contributed by atoms with Crippen molar-refractivity contribution in [1.82, 2.24) is 0 Å². The van der Waals surface area contributed by atoms with E-state index in [1.807, 2.05) is 0 Å². The monoisotopic (exact) mass is 831 g/mol. The van der Waals surface area contributed by atoms with Gasteiger partial charge in [0.2, 0.25) is 0 Å². The summed E-state index contributed by atoms with van der Waals surface area (Å²) in [7, 11) is 0. The van der Waals surface area contributed by atoms with Gasteiger partial charge in [-0.05, 0) is 51.4 Å². The molecular formula is C53H98O6. The summed E-state index contributed by atoms with van der Waals surface area (Å²) in [4.78, 5) is 37.9. The van der Waals surface area contributed by atoms with E-state index in [1.54, 1.807) is 0 Å². The minimum atomic E-state index is -0.767. The summed E-state index contributed by atoms with van der Waals surface area (Å²) in [5.74, 6) is -0.864. The van der Waals surface area contributed by atoms with Gasteiger partial charge in [0, 0.05) is 19.3 Å². The number of carbonyl (C=O) groups excluding carboxylic acids is 3. The third kappa shape index (κ3) is 46.8. The van der Waals surface area contributed by atoms with Crippen molar-refractivity contribution in [3.8, 4) is 0 Å². The zero-order valence-corrected chi connectivity index (χ0v) is 39.5. The van der Waals surface area contributed by atoms with Gasteiger partial charge in [0.1, 0.15) is 13.2 Å². The van der Waals surface area contributed by atoms with Crippen LogP contribution in [-0.4, -0.2) is 37.2 Å². The summed E-state index contributed by atoms with van der Waals surface area (Å²) in [6, 6.07) is 0. The summed E-state index contributed by atoms with van der Waals surface area (Å²) in [6.45, 7) is 6.62. The van der Waals surface area contributed by atoms with Crippen molar-refractivity contribution >= 4 is 17.9 Å². The van der Waals surface area contributed by atoms with Gasteiger partial charge < -0.3 is 14.2 Å². The standard InChI is InChI=1S/C53H98O6/c1-4-7-10-13-16-19-22-24-25-26-27-29-31-34-37-40-43-46-52(55)58-49-50(48-57-51(54)45-42-39-36-33-30-21-18-15-12-9-6-3)59-53(56)47-44-41-38-35-32-28-23-20-17-14-11-8-5-2/h16,19,24-25,50H,4-15,17-18,20-23,26-49H2,1-3H3/b19-16-,25-24-. The highest BCUT2D eigenvalue weighted by molar-refractivity contribution is 5.71. The number of rotatable bonds is 47. The molecular weight excluding hydrogens is 733 g/mol. The van der Waals surface area contributed by atoms with Gasteiger partial charge in [-0.2, -0.15) is 0 Å². The summed E-state index contributed by atoms with van der Waals surface area (Å²) in [6.07, 6.45) is 54.4. The molecule has 0 aromatic heterocycles. The molecule has 0 fully saturated rings. The Morgan fingerprint density at radius 2 is 0.610 bits per heavy atom. The fourth-order valence-corrected chi connectivity index (χ4v) is 7.53. The first-order valence-corrected chi connectivity index (χ1v) is 25.8. The number of hydrogen-bond donors (Lipinski definition) is 0. The topological polar surface area (TPSA) is 78.9 Å². The minimum absolute atomic E-state index is 0.0690. The summed E-state index contributed by atoms with van der Waals surface area (Å²) < 4.78 is 16.8.